The monoisotopic (exact) mass is 240 g/mol. The lowest BCUT2D eigenvalue weighted by atomic mass is 10.1. The molecule has 0 saturated carbocycles. The summed E-state index contributed by atoms with van der Waals surface area (Å²) >= 11 is 0. The Morgan fingerprint density at radius 2 is 2.07 bits per heavy atom. The first kappa shape index (κ1) is 12.5. The van der Waals surface area contributed by atoms with Crippen molar-refractivity contribution in [3.63, 3.8) is 0 Å². The Labute approximate surface area is 85.6 Å². The minimum absolute atomic E-state index is 0.530. The molecule has 0 saturated heterocycles. The first-order valence-corrected chi connectivity index (χ1v) is 6.82. The maximum Gasteiger partial charge on any atom is 0.429 e. The average molecular weight is 240 g/mol. The summed E-state index contributed by atoms with van der Waals surface area (Å²) in [6.07, 6.45) is -2.78. The van der Waals surface area contributed by atoms with Crippen LogP contribution in [0.4, 0.5) is 13.2 Å². The van der Waals surface area contributed by atoms with E-state index in [2.05, 4.69) is 4.99 Å². The van der Waals surface area contributed by atoms with Gasteiger partial charge in [0.1, 0.15) is 12.9 Å². The third-order valence-electron chi connectivity index (χ3n) is 2.37. The third kappa shape index (κ3) is 2.49. The molecule has 86 valence electrons. The van der Waals surface area contributed by atoms with Gasteiger partial charge >= 0.3 is 6.18 Å². The van der Waals surface area contributed by atoms with Crippen molar-refractivity contribution in [1.29, 1.82) is 0 Å². The lowest BCUT2D eigenvalue weighted by Gasteiger charge is -2.32. The SMILES string of the molecule is CP(C)(=O)C1(N)C=CN=C(C(F)(F)F)C1. The van der Waals surface area contributed by atoms with Crippen molar-refractivity contribution in [3.05, 3.63) is 12.3 Å². The van der Waals surface area contributed by atoms with Crippen molar-refractivity contribution in [3.8, 4) is 0 Å². The first-order chi connectivity index (χ1) is 6.56. The van der Waals surface area contributed by atoms with Crippen LogP contribution in [0.15, 0.2) is 17.3 Å². The van der Waals surface area contributed by atoms with Crippen molar-refractivity contribution < 1.29 is 17.7 Å². The summed E-state index contributed by atoms with van der Waals surface area (Å²) in [6, 6.07) is 0. The van der Waals surface area contributed by atoms with Gasteiger partial charge in [-0.15, -0.1) is 0 Å². The van der Waals surface area contributed by atoms with Gasteiger partial charge in [0.15, 0.2) is 0 Å². The molecular formula is C8H12F3N2OP. The number of halogens is 3. The van der Waals surface area contributed by atoms with E-state index in [0.717, 1.165) is 6.20 Å². The Kier molecular flexibility index (Phi) is 2.87. The fourth-order valence-electron chi connectivity index (χ4n) is 1.17. The van der Waals surface area contributed by atoms with Gasteiger partial charge in [0.2, 0.25) is 0 Å². The fraction of sp³-hybridized carbons (Fsp3) is 0.625. The quantitative estimate of drug-likeness (QED) is 0.714. The van der Waals surface area contributed by atoms with Crippen LogP contribution in [0.2, 0.25) is 0 Å². The van der Waals surface area contributed by atoms with E-state index in [4.69, 9.17) is 5.73 Å². The van der Waals surface area contributed by atoms with Crippen LogP contribution in [-0.4, -0.2) is 30.5 Å². The summed E-state index contributed by atoms with van der Waals surface area (Å²) in [5.41, 5.74) is 4.72. The molecule has 0 aromatic rings. The smallest absolute Gasteiger partial charge is 0.322 e. The highest BCUT2D eigenvalue weighted by atomic mass is 31.2. The zero-order chi connectivity index (χ0) is 11.9. The topological polar surface area (TPSA) is 55.5 Å². The zero-order valence-corrected chi connectivity index (χ0v) is 9.27. The lowest BCUT2D eigenvalue weighted by molar-refractivity contribution is -0.0609. The van der Waals surface area contributed by atoms with E-state index in [0.29, 0.717) is 0 Å². The first-order valence-electron chi connectivity index (χ1n) is 4.22. The van der Waals surface area contributed by atoms with Crippen LogP contribution in [0.3, 0.4) is 0 Å². The molecule has 0 bridgehead atoms. The second kappa shape index (κ2) is 3.46. The van der Waals surface area contributed by atoms with Gasteiger partial charge in [-0.2, -0.15) is 13.2 Å². The van der Waals surface area contributed by atoms with Crippen LogP contribution >= 0.6 is 7.14 Å². The van der Waals surface area contributed by atoms with Crippen molar-refractivity contribution in [2.45, 2.75) is 17.9 Å². The maximum atomic E-state index is 12.4. The average Bonchev–Trinajstić information content (AvgIpc) is 2.00. The van der Waals surface area contributed by atoms with E-state index >= 15 is 0 Å². The molecule has 0 radical (unpaired) electrons. The van der Waals surface area contributed by atoms with Crippen molar-refractivity contribution >= 4 is 12.9 Å². The Morgan fingerprint density at radius 3 is 2.47 bits per heavy atom. The minimum atomic E-state index is -4.51. The molecule has 3 nitrogen and oxygen atoms in total. The van der Waals surface area contributed by atoms with Gasteiger partial charge in [0, 0.05) is 12.6 Å². The highest BCUT2D eigenvalue weighted by molar-refractivity contribution is 7.64. The number of aliphatic imine (C=N–C) groups is 1. The van der Waals surface area contributed by atoms with E-state index in [-0.39, 0.29) is 0 Å². The summed E-state index contributed by atoms with van der Waals surface area (Å²) in [5.74, 6) is 0. The molecule has 0 aliphatic carbocycles. The molecule has 0 spiro atoms. The number of nitrogens with zero attached hydrogens (tertiary/aromatic N) is 1. The molecule has 0 aromatic heterocycles. The Hall–Kier alpha value is -0.610. The second-order valence-corrected chi connectivity index (χ2v) is 7.44. The molecule has 15 heavy (non-hydrogen) atoms. The molecule has 2 N–H and O–H groups in total. The van der Waals surface area contributed by atoms with Gasteiger partial charge in [-0.25, -0.2) is 0 Å². The lowest BCUT2D eigenvalue weighted by Crippen LogP contribution is -2.44. The number of hydrogen-bond acceptors (Lipinski definition) is 3. The predicted molar refractivity (Wildman–Crippen MR) is 53.6 cm³/mol. The van der Waals surface area contributed by atoms with Gasteiger partial charge < -0.3 is 10.3 Å². The Morgan fingerprint density at radius 1 is 1.53 bits per heavy atom. The number of alkyl halides is 3. The van der Waals surface area contributed by atoms with Crippen LogP contribution in [0.1, 0.15) is 6.42 Å². The summed E-state index contributed by atoms with van der Waals surface area (Å²) in [5, 5.41) is -1.43. The molecule has 1 aliphatic heterocycles. The van der Waals surface area contributed by atoms with Crippen molar-refractivity contribution in [2.24, 2.45) is 10.7 Å². The van der Waals surface area contributed by atoms with Crippen molar-refractivity contribution in [2.75, 3.05) is 13.3 Å². The molecule has 1 unspecified atom stereocenters. The number of hydrogen-bond donors (Lipinski definition) is 1. The number of rotatable bonds is 1. The van der Waals surface area contributed by atoms with Crippen LogP contribution < -0.4 is 5.73 Å². The summed E-state index contributed by atoms with van der Waals surface area (Å²) in [7, 11) is -2.85. The highest BCUT2D eigenvalue weighted by Gasteiger charge is 2.45. The molecule has 0 amide bonds. The molecule has 1 aliphatic rings. The minimum Gasteiger partial charge on any atom is -0.322 e. The summed E-state index contributed by atoms with van der Waals surface area (Å²) in [6.45, 7) is 2.74. The molecule has 1 rings (SSSR count). The zero-order valence-electron chi connectivity index (χ0n) is 8.38. The van der Waals surface area contributed by atoms with E-state index in [1.54, 1.807) is 0 Å². The Bertz CT molecular complexity index is 369. The standard InChI is InChI=1S/C8H12F3N2OP/c1-15(2,14)7(12)3-4-13-6(5-7)8(9,10)11/h3-4H,5,12H2,1-2H3. The van der Waals surface area contributed by atoms with Crippen LogP contribution in [0, 0.1) is 0 Å². The fourth-order valence-corrected chi connectivity index (χ4v) is 2.13. The van der Waals surface area contributed by atoms with Crippen molar-refractivity contribution in [1.82, 2.24) is 0 Å². The van der Waals surface area contributed by atoms with Gasteiger partial charge in [0.25, 0.3) is 0 Å². The predicted octanol–water partition coefficient (Wildman–Crippen LogP) is 2.18. The van der Waals surface area contributed by atoms with E-state index in [1.165, 1.54) is 19.4 Å². The summed E-state index contributed by atoms with van der Waals surface area (Å²) in [4.78, 5) is 3.22. The molecular weight excluding hydrogens is 228 g/mol. The van der Waals surface area contributed by atoms with E-state index < -0.39 is 30.7 Å². The van der Waals surface area contributed by atoms with Gasteiger partial charge in [-0.3, -0.25) is 4.99 Å². The third-order valence-corrected chi connectivity index (χ3v) is 4.69. The molecule has 7 heteroatoms. The van der Waals surface area contributed by atoms with E-state index in [1.807, 2.05) is 0 Å². The van der Waals surface area contributed by atoms with Gasteiger partial charge in [-0.1, -0.05) is 0 Å². The van der Waals surface area contributed by atoms with Gasteiger partial charge in [-0.05, 0) is 19.4 Å². The van der Waals surface area contributed by atoms with Crippen LogP contribution in [0.5, 0.6) is 0 Å². The van der Waals surface area contributed by atoms with Crippen LogP contribution in [0.25, 0.3) is 0 Å². The van der Waals surface area contributed by atoms with Crippen LogP contribution in [-0.2, 0) is 4.57 Å². The second-order valence-electron chi connectivity index (χ2n) is 3.91. The molecule has 1 atom stereocenters. The normalized spacial score (nSPS) is 27.7. The molecule has 0 aromatic carbocycles. The van der Waals surface area contributed by atoms with E-state index in [9.17, 15) is 17.7 Å². The Balaban J connectivity index is 3.04. The largest absolute Gasteiger partial charge is 0.429 e. The number of nitrogens with two attached hydrogens (primary N) is 1. The maximum absolute atomic E-state index is 12.4. The highest BCUT2D eigenvalue weighted by Crippen LogP contribution is 2.52. The molecule has 1 heterocycles. The summed E-state index contributed by atoms with van der Waals surface area (Å²) < 4.78 is 48.9. The van der Waals surface area contributed by atoms with Gasteiger partial charge in [0.05, 0.1) is 5.28 Å². The molecule has 0 fully saturated rings.